The van der Waals surface area contributed by atoms with Crippen LogP contribution in [0.1, 0.15) is 10.4 Å². The fraction of sp³-hybridized carbons (Fsp3) is 0.158. The highest BCUT2D eigenvalue weighted by Crippen LogP contribution is 2.28. The second-order valence-electron chi connectivity index (χ2n) is 5.65. The summed E-state index contributed by atoms with van der Waals surface area (Å²) in [6.45, 7) is 0. The lowest BCUT2D eigenvalue weighted by atomic mass is 10.1. The molecule has 2 aromatic carbocycles. The molecule has 0 fully saturated rings. The molecule has 24 heavy (non-hydrogen) atoms. The van der Waals surface area contributed by atoms with Crippen LogP contribution in [0.3, 0.4) is 0 Å². The number of hydrogen-bond acceptors (Lipinski definition) is 4. The van der Waals surface area contributed by atoms with Gasteiger partial charge in [0.05, 0.1) is 18.3 Å². The van der Waals surface area contributed by atoms with Crippen LogP contribution in [0.25, 0.3) is 10.9 Å². The number of carbonyl (C=O) groups excluding carboxylic acids is 1. The van der Waals surface area contributed by atoms with Crippen LogP contribution in [0.5, 0.6) is 5.75 Å². The van der Waals surface area contributed by atoms with E-state index in [-0.39, 0.29) is 5.91 Å². The first-order valence-electron chi connectivity index (χ1n) is 7.60. The van der Waals surface area contributed by atoms with Crippen molar-refractivity contribution in [3.05, 3.63) is 60.3 Å². The number of methoxy groups -OCH3 is 1. The molecular formula is C19H19N3O2. The Morgan fingerprint density at radius 3 is 2.54 bits per heavy atom. The number of amides is 1. The molecule has 0 spiro atoms. The first-order chi connectivity index (χ1) is 11.6. The second kappa shape index (κ2) is 6.58. The van der Waals surface area contributed by atoms with E-state index in [9.17, 15) is 4.79 Å². The van der Waals surface area contributed by atoms with Crippen LogP contribution in [0.15, 0.2) is 54.7 Å². The van der Waals surface area contributed by atoms with Crippen LogP contribution in [-0.2, 0) is 0 Å². The normalized spacial score (nSPS) is 10.5. The van der Waals surface area contributed by atoms with Gasteiger partial charge in [-0.05, 0) is 36.4 Å². The summed E-state index contributed by atoms with van der Waals surface area (Å²) in [7, 11) is 5.52. The zero-order valence-corrected chi connectivity index (χ0v) is 13.9. The molecule has 0 saturated heterocycles. The van der Waals surface area contributed by atoms with E-state index in [0.29, 0.717) is 17.0 Å². The largest absolute Gasteiger partial charge is 0.497 e. The predicted octanol–water partition coefficient (Wildman–Crippen LogP) is 3.56. The third-order valence-electron chi connectivity index (χ3n) is 3.81. The Balaban J connectivity index is 1.92. The SMILES string of the molecule is COc1cc(NC(=O)c2ccc(N(C)C)cc2)c2ncccc2c1. The molecule has 3 rings (SSSR count). The van der Waals surface area contributed by atoms with Crippen molar-refractivity contribution in [1.29, 1.82) is 0 Å². The number of anilines is 2. The van der Waals surface area contributed by atoms with Crippen LogP contribution in [0.4, 0.5) is 11.4 Å². The second-order valence-corrected chi connectivity index (χ2v) is 5.65. The van der Waals surface area contributed by atoms with Gasteiger partial charge in [0.1, 0.15) is 5.75 Å². The van der Waals surface area contributed by atoms with E-state index in [2.05, 4.69) is 10.3 Å². The van der Waals surface area contributed by atoms with Gasteiger partial charge in [0, 0.05) is 43.0 Å². The van der Waals surface area contributed by atoms with Crippen molar-refractivity contribution in [3.63, 3.8) is 0 Å². The minimum Gasteiger partial charge on any atom is -0.497 e. The molecule has 1 N–H and O–H groups in total. The molecular weight excluding hydrogens is 302 g/mol. The number of fused-ring (bicyclic) bond motifs is 1. The standard InChI is InChI=1S/C19H19N3O2/c1-22(2)15-8-6-13(7-9-15)19(23)21-17-12-16(24-3)11-14-5-4-10-20-18(14)17/h4-12H,1-3H3,(H,21,23). The molecule has 1 heterocycles. The highest BCUT2D eigenvalue weighted by molar-refractivity contribution is 6.08. The predicted molar refractivity (Wildman–Crippen MR) is 97.0 cm³/mol. The molecule has 0 atom stereocenters. The summed E-state index contributed by atoms with van der Waals surface area (Å²) < 4.78 is 5.31. The van der Waals surface area contributed by atoms with Crippen LogP contribution in [0, 0.1) is 0 Å². The van der Waals surface area contributed by atoms with Gasteiger partial charge in [-0.25, -0.2) is 0 Å². The number of hydrogen-bond donors (Lipinski definition) is 1. The minimum atomic E-state index is -0.180. The van der Waals surface area contributed by atoms with E-state index < -0.39 is 0 Å². The maximum Gasteiger partial charge on any atom is 0.255 e. The highest BCUT2D eigenvalue weighted by Gasteiger charge is 2.11. The molecule has 1 aromatic heterocycles. The maximum atomic E-state index is 12.5. The smallest absolute Gasteiger partial charge is 0.255 e. The number of pyridine rings is 1. The number of nitrogens with zero attached hydrogens (tertiary/aromatic N) is 2. The third kappa shape index (κ3) is 3.15. The van der Waals surface area contributed by atoms with E-state index in [1.807, 2.05) is 49.3 Å². The summed E-state index contributed by atoms with van der Waals surface area (Å²) in [5.74, 6) is 0.495. The summed E-state index contributed by atoms with van der Waals surface area (Å²) in [6, 6.07) is 14.9. The lowest BCUT2D eigenvalue weighted by Crippen LogP contribution is -2.13. The van der Waals surface area contributed by atoms with E-state index in [4.69, 9.17) is 4.74 Å². The van der Waals surface area contributed by atoms with Crippen LogP contribution < -0.4 is 15.0 Å². The van der Waals surface area contributed by atoms with Crippen molar-refractivity contribution in [3.8, 4) is 5.75 Å². The van der Waals surface area contributed by atoms with Gasteiger partial charge in [0.15, 0.2) is 0 Å². The van der Waals surface area contributed by atoms with E-state index in [1.54, 1.807) is 31.5 Å². The zero-order valence-electron chi connectivity index (χ0n) is 13.9. The molecule has 5 nitrogen and oxygen atoms in total. The van der Waals surface area contributed by atoms with Crippen LogP contribution in [0.2, 0.25) is 0 Å². The number of aromatic nitrogens is 1. The summed E-state index contributed by atoms with van der Waals surface area (Å²) in [6.07, 6.45) is 1.70. The van der Waals surface area contributed by atoms with Gasteiger partial charge in [0.2, 0.25) is 0 Å². The maximum absolute atomic E-state index is 12.5. The Morgan fingerprint density at radius 2 is 1.88 bits per heavy atom. The lowest BCUT2D eigenvalue weighted by molar-refractivity contribution is 0.102. The van der Waals surface area contributed by atoms with Crippen molar-refractivity contribution >= 4 is 28.2 Å². The Kier molecular flexibility index (Phi) is 4.33. The minimum absolute atomic E-state index is 0.180. The number of nitrogens with one attached hydrogen (secondary N) is 1. The average Bonchev–Trinajstić information content (AvgIpc) is 2.61. The van der Waals surface area contributed by atoms with Gasteiger partial charge in [0.25, 0.3) is 5.91 Å². The van der Waals surface area contributed by atoms with Gasteiger partial charge in [-0.3, -0.25) is 9.78 Å². The monoisotopic (exact) mass is 321 g/mol. The molecule has 0 aliphatic carbocycles. The molecule has 0 bridgehead atoms. The summed E-state index contributed by atoms with van der Waals surface area (Å²) in [4.78, 5) is 18.9. The van der Waals surface area contributed by atoms with Crippen molar-refractivity contribution in [2.24, 2.45) is 0 Å². The fourth-order valence-corrected chi connectivity index (χ4v) is 2.48. The summed E-state index contributed by atoms with van der Waals surface area (Å²) in [5, 5.41) is 3.84. The van der Waals surface area contributed by atoms with Gasteiger partial charge in [-0.1, -0.05) is 6.07 Å². The summed E-state index contributed by atoms with van der Waals surface area (Å²) in [5.41, 5.74) is 3.00. The van der Waals surface area contributed by atoms with Crippen LogP contribution in [-0.4, -0.2) is 32.1 Å². The van der Waals surface area contributed by atoms with Crippen molar-refractivity contribution < 1.29 is 9.53 Å². The van der Waals surface area contributed by atoms with Gasteiger partial charge < -0.3 is 15.0 Å². The molecule has 0 saturated carbocycles. The Hall–Kier alpha value is -3.08. The van der Waals surface area contributed by atoms with E-state index in [1.165, 1.54) is 0 Å². The molecule has 122 valence electrons. The molecule has 0 aliphatic rings. The zero-order chi connectivity index (χ0) is 17.1. The molecule has 1 amide bonds. The first-order valence-corrected chi connectivity index (χ1v) is 7.60. The van der Waals surface area contributed by atoms with Crippen LogP contribution >= 0.6 is 0 Å². The van der Waals surface area contributed by atoms with Gasteiger partial charge in [-0.15, -0.1) is 0 Å². The van der Waals surface area contributed by atoms with E-state index >= 15 is 0 Å². The van der Waals surface area contributed by atoms with E-state index in [0.717, 1.165) is 16.6 Å². The van der Waals surface area contributed by atoms with Crippen molar-refractivity contribution in [2.45, 2.75) is 0 Å². The third-order valence-corrected chi connectivity index (χ3v) is 3.81. The Morgan fingerprint density at radius 1 is 1.12 bits per heavy atom. The fourth-order valence-electron chi connectivity index (χ4n) is 2.48. The number of carbonyl (C=O) groups is 1. The molecule has 0 aliphatic heterocycles. The molecule has 0 unspecified atom stereocenters. The number of ether oxygens (including phenoxy) is 1. The topological polar surface area (TPSA) is 54.5 Å². The number of benzene rings is 2. The molecule has 3 aromatic rings. The first kappa shape index (κ1) is 15.8. The Labute approximate surface area is 140 Å². The quantitative estimate of drug-likeness (QED) is 0.798. The molecule has 5 heteroatoms. The van der Waals surface area contributed by atoms with Gasteiger partial charge >= 0.3 is 0 Å². The number of rotatable bonds is 4. The van der Waals surface area contributed by atoms with Gasteiger partial charge in [-0.2, -0.15) is 0 Å². The lowest BCUT2D eigenvalue weighted by Gasteiger charge is -2.13. The van der Waals surface area contributed by atoms with Crippen molar-refractivity contribution in [1.82, 2.24) is 4.98 Å². The molecule has 0 radical (unpaired) electrons. The van der Waals surface area contributed by atoms with Crippen molar-refractivity contribution in [2.75, 3.05) is 31.4 Å². The average molecular weight is 321 g/mol. The Bertz CT molecular complexity index is 873. The summed E-state index contributed by atoms with van der Waals surface area (Å²) >= 11 is 0. The highest BCUT2D eigenvalue weighted by atomic mass is 16.5.